The lowest BCUT2D eigenvalue weighted by Gasteiger charge is -2.43. The lowest BCUT2D eigenvalue weighted by atomic mass is 9.59. The summed E-state index contributed by atoms with van der Waals surface area (Å²) in [5.74, 6) is 0.482. The maximum Gasteiger partial charge on any atom is 0.0873 e. The van der Waals surface area contributed by atoms with Crippen LogP contribution < -0.4 is 0 Å². The van der Waals surface area contributed by atoms with Crippen LogP contribution in [-0.4, -0.2) is 6.61 Å². The number of ether oxygens (including phenoxy) is 1. The van der Waals surface area contributed by atoms with Crippen LogP contribution in [0.3, 0.4) is 0 Å². The summed E-state index contributed by atoms with van der Waals surface area (Å²) in [6.07, 6.45) is 15.1. The van der Waals surface area contributed by atoms with Gasteiger partial charge in [-0.1, -0.05) is 143 Å². The predicted molar refractivity (Wildman–Crippen MR) is 151 cm³/mol. The lowest BCUT2D eigenvalue weighted by molar-refractivity contribution is 0.217. The van der Waals surface area contributed by atoms with E-state index in [1.165, 1.54) is 61.6 Å². The van der Waals surface area contributed by atoms with Gasteiger partial charge in [0.15, 0.2) is 0 Å². The van der Waals surface area contributed by atoms with Gasteiger partial charge in [0.25, 0.3) is 0 Å². The topological polar surface area (TPSA) is 9.23 Å². The van der Waals surface area contributed by atoms with Gasteiger partial charge in [-0.2, -0.15) is 0 Å². The summed E-state index contributed by atoms with van der Waals surface area (Å²) in [6.45, 7) is 5.07. The molecular weight excluding hydrogens is 424 g/mol. The van der Waals surface area contributed by atoms with Crippen LogP contribution in [-0.2, 0) is 10.2 Å². The van der Waals surface area contributed by atoms with Gasteiger partial charge in [0.05, 0.1) is 12.9 Å². The third-order valence-corrected chi connectivity index (χ3v) is 7.25. The molecule has 3 aromatic carbocycles. The third kappa shape index (κ3) is 7.34. The number of unbranched alkanes of at least 4 members (excludes halogenated alkanes) is 5. The summed E-state index contributed by atoms with van der Waals surface area (Å²) >= 11 is 0. The minimum atomic E-state index is -0.187. The summed E-state index contributed by atoms with van der Waals surface area (Å²) in [6, 6.07) is 33.6. The summed E-state index contributed by atoms with van der Waals surface area (Å²) < 4.78 is 5.75. The fourth-order valence-corrected chi connectivity index (χ4v) is 5.64. The molecule has 0 amide bonds. The zero-order valence-corrected chi connectivity index (χ0v) is 21.9. The van der Waals surface area contributed by atoms with Crippen LogP contribution >= 0.6 is 0 Å². The van der Waals surface area contributed by atoms with Gasteiger partial charge in [0.2, 0.25) is 0 Å². The van der Waals surface area contributed by atoms with Gasteiger partial charge >= 0.3 is 0 Å². The molecule has 0 aliphatic carbocycles. The highest BCUT2D eigenvalue weighted by Crippen LogP contribution is 2.49. The van der Waals surface area contributed by atoms with Crippen molar-refractivity contribution in [3.8, 4) is 0 Å². The van der Waals surface area contributed by atoms with E-state index >= 15 is 0 Å². The van der Waals surface area contributed by atoms with Crippen molar-refractivity contribution < 1.29 is 4.74 Å². The molecule has 1 unspecified atom stereocenters. The van der Waals surface area contributed by atoms with Gasteiger partial charge in [-0.15, -0.1) is 0 Å². The van der Waals surface area contributed by atoms with Crippen molar-refractivity contribution in [3.05, 3.63) is 120 Å². The number of hydrogen-bond donors (Lipinski definition) is 0. The Morgan fingerprint density at radius 2 is 1.09 bits per heavy atom. The Bertz CT molecular complexity index is 849. The normalized spacial score (nSPS) is 12.6. The highest BCUT2D eigenvalue weighted by Gasteiger charge is 2.42. The summed E-state index contributed by atoms with van der Waals surface area (Å²) in [7, 11) is 0. The molecule has 1 nitrogen and oxygen atoms in total. The summed E-state index contributed by atoms with van der Waals surface area (Å²) in [4.78, 5) is 0. The standard InChI is InChI=1S/C34H44O/c1-3-5-6-7-8-12-20-33(27-19-29-35-28-4-2)34(30-21-13-9-14-22-30,31-23-15-10-16-24-31)32-25-17-11-18-26-32/h4,9-11,13-18,21-26,28,33H,3,5-8,12,19-20,27,29H2,1-2H3. The van der Waals surface area contributed by atoms with Crippen molar-refractivity contribution in [1.82, 2.24) is 0 Å². The van der Waals surface area contributed by atoms with Crippen molar-refractivity contribution in [3.63, 3.8) is 0 Å². The minimum absolute atomic E-state index is 0.187. The van der Waals surface area contributed by atoms with Crippen molar-refractivity contribution in [2.45, 2.75) is 77.0 Å². The second-order valence-corrected chi connectivity index (χ2v) is 9.64. The first kappa shape index (κ1) is 26.8. The average molecular weight is 469 g/mol. The molecular formula is C34H44O. The van der Waals surface area contributed by atoms with E-state index < -0.39 is 0 Å². The van der Waals surface area contributed by atoms with Crippen molar-refractivity contribution in [2.24, 2.45) is 5.92 Å². The van der Waals surface area contributed by atoms with Crippen LogP contribution in [0.4, 0.5) is 0 Å². The van der Waals surface area contributed by atoms with E-state index in [9.17, 15) is 0 Å². The molecule has 0 spiro atoms. The third-order valence-electron chi connectivity index (χ3n) is 7.25. The molecule has 0 saturated heterocycles. The Labute approximate surface area is 214 Å². The molecule has 0 aliphatic heterocycles. The average Bonchev–Trinajstić information content (AvgIpc) is 2.92. The molecule has 0 aromatic heterocycles. The molecule has 0 saturated carbocycles. The first-order chi connectivity index (χ1) is 17.3. The zero-order chi connectivity index (χ0) is 24.6. The Hall–Kier alpha value is -2.80. The fourth-order valence-electron chi connectivity index (χ4n) is 5.64. The van der Waals surface area contributed by atoms with Gasteiger partial charge < -0.3 is 4.74 Å². The smallest absolute Gasteiger partial charge is 0.0873 e. The van der Waals surface area contributed by atoms with E-state index in [0.717, 1.165) is 19.4 Å². The molecule has 3 rings (SSSR count). The Morgan fingerprint density at radius 3 is 1.57 bits per heavy atom. The molecule has 0 aliphatic rings. The maximum atomic E-state index is 5.75. The molecule has 0 heterocycles. The monoisotopic (exact) mass is 468 g/mol. The quantitative estimate of drug-likeness (QED) is 0.115. The maximum absolute atomic E-state index is 5.75. The first-order valence-electron chi connectivity index (χ1n) is 13.7. The number of hydrogen-bond acceptors (Lipinski definition) is 1. The van der Waals surface area contributed by atoms with E-state index in [1.54, 1.807) is 0 Å². The van der Waals surface area contributed by atoms with Crippen LogP contribution in [0.2, 0.25) is 0 Å². The SMILES string of the molecule is CC=COCCCC(CCCCCCCC)C(c1ccccc1)(c1ccccc1)c1ccccc1. The lowest BCUT2D eigenvalue weighted by Crippen LogP contribution is -2.38. The van der Waals surface area contributed by atoms with Crippen LogP contribution in [0.25, 0.3) is 0 Å². The molecule has 0 bridgehead atoms. The van der Waals surface area contributed by atoms with Gasteiger partial charge in [-0.05, 0) is 48.8 Å². The number of rotatable bonds is 16. The minimum Gasteiger partial charge on any atom is -0.502 e. The molecule has 0 radical (unpaired) electrons. The van der Waals surface area contributed by atoms with Gasteiger partial charge in [-0.25, -0.2) is 0 Å². The second-order valence-electron chi connectivity index (χ2n) is 9.64. The van der Waals surface area contributed by atoms with Crippen LogP contribution in [0.15, 0.2) is 103 Å². The largest absolute Gasteiger partial charge is 0.502 e. The highest BCUT2D eigenvalue weighted by atomic mass is 16.5. The number of allylic oxidation sites excluding steroid dienone is 1. The van der Waals surface area contributed by atoms with E-state index in [0.29, 0.717) is 5.92 Å². The van der Waals surface area contributed by atoms with Gasteiger partial charge in [-0.3, -0.25) is 0 Å². The van der Waals surface area contributed by atoms with E-state index in [-0.39, 0.29) is 5.41 Å². The van der Waals surface area contributed by atoms with Crippen molar-refractivity contribution in [2.75, 3.05) is 6.61 Å². The Kier molecular flexibility index (Phi) is 11.7. The van der Waals surface area contributed by atoms with Crippen molar-refractivity contribution >= 4 is 0 Å². The Morgan fingerprint density at radius 1 is 0.629 bits per heavy atom. The molecule has 0 fully saturated rings. The molecule has 186 valence electrons. The number of benzene rings is 3. The molecule has 35 heavy (non-hydrogen) atoms. The van der Waals surface area contributed by atoms with Crippen LogP contribution in [0, 0.1) is 5.92 Å². The zero-order valence-electron chi connectivity index (χ0n) is 21.9. The molecule has 0 N–H and O–H groups in total. The fraction of sp³-hybridized carbons (Fsp3) is 0.412. The highest BCUT2D eigenvalue weighted by molar-refractivity contribution is 5.51. The predicted octanol–water partition coefficient (Wildman–Crippen LogP) is 9.72. The van der Waals surface area contributed by atoms with Crippen molar-refractivity contribution in [1.29, 1.82) is 0 Å². The van der Waals surface area contributed by atoms with E-state index in [2.05, 4.69) is 97.9 Å². The molecule has 1 atom stereocenters. The van der Waals surface area contributed by atoms with Gasteiger partial charge in [0.1, 0.15) is 0 Å². The van der Waals surface area contributed by atoms with Crippen LogP contribution in [0.1, 0.15) is 88.3 Å². The molecule has 1 heteroatoms. The van der Waals surface area contributed by atoms with Crippen LogP contribution in [0.5, 0.6) is 0 Å². The van der Waals surface area contributed by atoms with E-state index in [4.69, 9.17) is 4.74 Å². The van der Waals surface area contributed by atoms with Gasteiger partial charge in [0, 0.05) is 5.41 Å². The molecule has 3 aromatic rings. The summed E-state index contributed by atoms with van der Waals surface area (Å²) in [5, 5.41) is 0. The summed E-state index contributed by atoms with van der Waals surface area (Å²) in [5.41, 5.74) is 3.99. The van der Waals surface area contributed by atoms with E-state index in [1.807, 2.05) is 19.3 Å². The first-order valence-corrected chi connectivity index (χ1v) is 13.7. The second kappa shape index (κ2) is 15.2. The Balaban J connectivity index is 2.03.